The average molecular weight is 302 g/mol. The molecule has 2 aliphatic rings. The maximum absolute atomic E-state index is 12.3. The number of ether oxygens (including phenoxy) is 1. The summed E-state index contributed by atoms with van der Waals surface area (Å²) < 4.78 is 5.25. The molecular weight excluding hydrogens is 276 g/mol. The molecule has 1 aromatic rings. The molecule has 120 valence electrons. The lowest BCUT2D eigenvalue weighted by Crippen LogP contribution is -2.48. The highest BCUT2D eigenvalue weighted by Gasteiger charge is 2.34. The number of piperidine rings is 1. The summed E-state index contributed by atoms with van der Waals surface area (Å²) in [7, 11) is 1.67. The molecular formula is C18H26N2O2. The largest absolute Gasteiger partial charge is 0.497 e. The molecule has 2 bridgehead atoms. The first-order valence-corrected chi connectivity index (χ1v) is 8.33. The summed E-state index contributed by atoms with van der Waals surface area (Å²) >= 11 is 0. The number of carbonyl (C=O) groups excluding carboxylic acids is 1. The predicted molar refractivity (Wildman–Crippen MR) is 87.1 cm³/mol. The van der Waals surface area contributed by atoms with Crippen LogP contribution < -0.4 is 15.4 Å². The zero-order valence-electron chi connectivity index (χ0n) is 13.5. The van der Waals surface area contributed by atoms with Crippen LogP contribution in [-0.2, 0) is 4.79 Å². The van der Waals surface area contributed by atoms with Crippen molar-refractivity contribution in [3.63, 3.8) is 0 Å². The van der Waals surface area contributed by atoms with E-state index in [-0.39, 0.29) is 11.8 Å². The number of amides is 1. The maximum atomic E-state index is 12.3. The van der Waals surface area contributed by atoms with Gasteiger partial charge in [-0.2, -0.15) is 0 Å². The molecule has 2 heterocycles. The molecule has 2 aliphatic heterocycles. The molecule has 2 N–H and O–H groups in total. The Labute approximate surface area is 132 Å². The SMILES string of the molecule is COc1cccc(C(C)CC(=O)NC2CC3CCC(C2)N3)c1. The minimum atomic E-state index is 0.168. The summed E-state index contributed by atoms with van der Waals surface area (Å²) in [6.07, 6.45) is 5.21. The molecule has 3 atom stereocenters. The Balaban J connectivity index is 1.52. The first-order valence-electron chi connectivity index (χ1n) is 8.33. The third-order valence-electron chi connectivity index (χ3n) is 4.99. The molecule has 2 saturated heterocycles. The third kappa shape index (κ3) is 3.61. The van der Waals surface area contributed by atoms with E-state index in [1.54, 1.807) is 7.11 Å². The monoisotopic (exact) mass is 302 g/mol. The highest BCUT2D eigenvalue weighted by atomic mass is 16.5. The van der Waals surface area contributed by atoms with E-state index in [0.717, 1.165) is 24.2 Å². The van der Waals surface area contributed by atoms with Gasteiger partial charge in [-0.15, -0.1) is 0 Å². The van der Waals surface area contributed by atoms with Crippen molar-refractivity contribution in [2.24, 2.45) is 0 Å². The zero-order valence-corrected chi connectivity index (χ0v) is 13.5. The number of benzene rings is 1. The molecule has 3 rings (SSSR count). The molecule has 0 saturated carbocycles. The van der Waals surface area contributed by atoms with Gasteiger partial charge in [0.15, 0.2) is 0 Å². The van der Waals surface area contributed by atoms with E-state index in [1.165, 1.54) is 12.8 Å². The van der Waals surface area contributed by atoms with E-state index in [9.17, 15) is 4.79 Å². The van der Waals surface area contributed by atoms with Crippen LogP contribution in [-0.4, -0.2) is 31.1 Å². The maximum Gasteiger partial charge on any atom is 0.220 e. The number of rotatable bonds is 5. The summed E-state index contributed by atoms with van der Waals surface area (Å²) in [5, 5.41) is 6.85. The minimum absolute atomic E-state index is 0.168. The van der Waals surface area contributed by atoms with E-state index >= 15 is 0 Å². The molecule has 3 unspecified atom stereocenters. The van der Waals surface area contributed by atoms with Crippen molar-refractivity contribution in [1.82, 2.24) is 10.6 Å². The summed E-state index contributed by atoms with van der Waals surface area (Å²) in [5.74, 6) is 1.22. The minimum Gasteiger partial charge on any atom is -0.497 e. The molecule has 4 heteroatoms. The van der Waals surface area contributed by atoms with Gasteiger partial charge in [-0.05, 0) is 49.3 Å². The van der Waals surface area contributed by atoms with E-state index in [1.807, 2.05) is 18.2 Å². The molecule has 0 radical (unpaired) electrons. The van der Waals surface area contributed by atoms with Gasteiger partial charge in [0.05, 0.1) is 7.11 Å². The van der Waals surface area contributed by atoms with Crippen molar-refractivity contribution >= 4 is 5.91 Å². The van der Waals surface area contributed by atoms with Crippen molar-refractivity contribution in [2.75, 3.05) is 7.11 Å². The van der Waals surface area contributed by atoms with Crippen LogP contribution in [0.5, 0.6) is 5.75 Å². The van der Waals surface area contributed by atoms with Crippen LogP contribution in [0.1, 0.15) is 50.5 Å². The van der Waals surface area contributed by atoms with Gasteiger partial charge in [0.25, 0.3) is 0 Å². The van der Waals surface area contributed by atoms with Gasteiger partial charge >= 0.3 is 0 Å². The molecule has 1 aromatic carbocycles. The lowest BCUT2D eigenvalue weighted by atomic mass is 9.96. The van der Waals surface area contributed by atoms with Crippen molar-refractivity contribution in [2.45, 2.75) is 63.1 Å². The van der Waals surface area contributed by atoms with Gasteiger partial charge < -0.3 is 15.4 Å². The van der Waals surface area contributed by atoms with E-state index in [2.05, 4.69) is 23.6 Å². The lowest BCUT2D eigenvalue weighted by molar-refractivity contribution is -0.122. The molecule has 22 heavy (non-hydrogen) atoms. The standard InChI is InChI=1S/C18H26N2O2/c1-12(13-4-3-5-17(9-13)22-2)8-18(21)20-16-10-14-6-7-15(11-16)19-14/h3-5,9,12,14-16,19H,6-8,10-11H2,1-2H3,(H,20,21). The number of methoxy groups -OCH3 is 1. The Bertz CT molecular complexity index is 520. The van der Waals surface area contributed by atoms with Crippen LogP contribution in [0.4, 0.5) is 0 Å². The highest BCUT2D eigenvalue weighted by molar-refractivity contribution is 5.77. The van der Waals surface area contributed by atoms with Gasteiger partial charge in [0.1, 0.15) is 5.75 Å². The Morgan fingerprint density at radius 3 is 2.77 bits per heavy atom. The van der Waals surface area contributed by atoms with Crippen LogP contribution in [0.25, 0.3) is 0 Å². The molecule has 0 aromatic heterocycles. The van der Waals surface area contributed by atoms with Crippen LogP contribution >= 0.6 is 0 Å². The fraction of sp³-hybridized carbons (Fsp3) is 0.611. The highest BCUT2D eigenvalue weighted by Crippen LogP contribution is 2.27. The van der Waals surface area contributed by atoms with Crippen molar-refractivity contribution < 1.29 is 9.53 Å². The van der Waals surface area contributed by atoms with Crippen LogP contribution in [0.2, 0.25) is 0 Å². The summed E-state index contributed by atoms with van der Waals surface area (Å²) in [6, 6.07) is 9.56. The normalized spacial score (nSPS) is 28.2. The van der Waals surface area contributed by atoms with Crippen LogP contribution in [0.15, 0.2) is 24.3 Å². The summed E-state index contributed by atoms with van der Waals surface area (Å²) in [6.45, 7) is 2.10. The van der Waals surface area contributed by atoms with Gasteiger partial charge in [-0.25, -0.2) is 0 Å². The first-order chi connectivity index (χ1) is 10.6. The number of fused-ring (bicyclic) bond motifs is 2. The zero-order chi connectivity index (χ0) is 15.5. The Morgan fingerprint density at radius 1 is 1.36 bits per heavy atom. The fourth-order valence-electron chi connectivity index (χ4n) is 3.81. The van der Waals surface area contributed by atoms with E-state index < -0.39 is 0 Å². The van der Waals surface area contributed by atoms with Crippen LogP contribution in [0.3, 0.4) is 0 Å². The van der Waals surface area contributed by atoms with Crippen molar-refractivity contribution in [3.8, 4) is 5.75 Å². The number of nitrogens with one attached hydrogen (secondary N) is 2. The number of hydrogen-bond acceptors (Lipinski definition) is 3. The quantitative estimate of drug-likeness (QED) is 0.879. The second kappa shape index (κ2) is 6.69. The van der Waals surface area contributed by atoms with E-state index in [0.29, 0.717) is 24.5 Å². The Morgan fingerprint density at radius 2 is 2.09 bits per heavy atom. The van der Waals surface area contributed by atoms with Crippen LogP contribution in [0, 0.1) is 0 Å². The molecule has 4 nitrogen and oxygen atoms in total. The second-order valence-corrected chi connectivity index (χ2v) is 6.76. The van der Waals surface area contributed by atoms with Gasteiger partial charge in [0.2, 0.25) is 5.91 Å². The van der Waals surface area contributed by atoms with Gasteiger partial charge in [-0.1, -0.05) is 19.1 Å². The molecule has 2 fully saturated rings. The number of hydrogen-bond donors (Lipinski definition) is 2. The summed E-state index contributed by atoms with van der Waals surface area (Å²) in [4.78, 5) is 12.3. The van der Waals surface area contributed by atoms with Crippen molar-refractivity contribution in [1.29, 1.82) is 0 Å². The third-order valence-corrected chi connectivity index (χ3v) is 4.99. The second-order valence-electron chi connectivity index (χ2n) is 6.76. The van der Waals surface area contributed by atoms with Crippen molar-refractivity contribution in [3.05, 3.63) is 29.8 Å². The number of carbonyl (C=O) groups is 1. The molecule has 0 aliphatic carbocycles. The predicted octanol–water partition coefficient (Wildman–Crippen LogP) is 2.59. The van der Waals surface area contributed by atoms with Gasteiger partial charge in [0, 0.05) is 24.5 Å². The van der Waals surface area contributed by atoms with Gasteiger partial charge in [-0.3, -0.25) is 4.79 Å². The smallest absolute Gasteiger partial charge is 0.220 e. The summed E-state index contributed by atoms with van der Waals surface area (Å²) in [5.41, 5.74) is 1.15. The topological polar surface area (TPSA) is 50.4 Å². The lowest BCUT2D eigenvalue weighted by Gasteiger charge is -2.30. The first kappa shape index (κ1) is 15.3. The fourth-order valence-corrected chi connectivity index (χ4v) is 3.81. The van der Waals surface area contributed by atoms with E-state index in [4.69, 9.17) is 4.74 Å². The molecule has 1 amide bonds. The molecule has 0 spiro atoms. The average Bonchev–Trinajstić information content (AvgIpc) is 2.86. The Kier molecular flexibility index (Phi) is 4.67. The Hall–Kier alpha value is -1.55.